The Morgan fingerprint density at radius 3 is 3.00 bits per heavy atom. The van der Waals surface area contributed by atoms with E-state index >= 15 is 0 Å². The van der Waals surface area contributed by atoms with Gasteiger partial charge in [-0.25, -0.2) is 4.68 Å². The summed E-state index contributed by atoms with van der Waals surface area (Å²) < 4.78 is 1.49. The van der Waals surface area contributed by atoms with E-state index in [1.807, 2.05) is 0 Å². The van der Waals surface area contributed by atoms with E-state index in [4.69, 9.17) is 0 Å². The summed E-state index contributed by atoms with van der Waals surface area (Å²) in [6, 6.07) is 0.102. The van der Waals surface area contributed by atoms with E-state index in [0.29, 0.717) is 0 Å². The van der Waals surface area contributed by atoms with E-state index in [9.17, 15) is 9.90 Å². The molecule has 0 spiro atoms. The van der Waals surface area contributed by atoms with Crippen LogP contribution >= 0.6 is 0 Å². The van der Waals surface area contributed by atoms with Crippen LogP contribution < -0.4 is 5.32 Å². The van der Waals surface area contributed by atoms with Gasteiger partial charge in [0, 0.05) is 24.8 Å². The van der Waals surface area contributed by atoms with Crippen molar-refractivity contribution in [1.82, 2.24) is 20.3 Å². The van der Waals surface area contributed by atoms with E-state index in [-0.39, 0.29) is 31.0 Å². The fourth-order valence-corrected chi connectivity index (χ4v) is 2.33. The van der Waals surface area contributed by atoms with Gasteiger partial charge in [0.25, 0.3) is 0 Å². The lowest BCUT2D eigenvalue weighted by Gasteiger charge is -2.30. The summed E-state index contributed by atoms with van der Waals surface area (Å²) in [5.41, 5.74) is 0. The lowest BCUT2D eigenvalue weighted by molar-refractivity contribution is -0.123. The highest BCUT2D eigenvalue weighted by Gasteiger charge is 2.25. The molecule has 0 bridgehead atoms. The Bertz CT molecular complexity index is 352. The number of carbonyl (C=O) groups excluding carboxylic acids is 1. The van der Waals surface area contributed by atoms with Crippen LogP contribution in [-0.4, -0.2) is 38.7 Å². The first-order valence-corrected chi connectivity index (χ1v) is 6.04. The van der Waals surface area contributed by atoms with Gasteiger partial charge >= 0.3 is 0 Å². The first-order chi connectivity index (χ1) is 8.29. The number of aliphatic hydroxyl groups is 1. The molecule has 2 N–H and O–H groups in total. The summed E-state index contributed by atoms with van der Waals surface area (Å²) in [5, 5.41) is 19.6. The van der Waals surface area contributed by atoms with Crippen LogP contribution in [0.25, 0.3) is 0 Å². The minimum atomic E-state index is -0.0687. The van der Waals surface area contributed by atoms with Gasteiger partial charge in [-0.05, 0) is 12.8 Å². The van der Waals surface area contributed by atoms with E-state index in [0.717, 1.165) is 25.7 Å². The maximum absolute atomic E-state index is 11.8. The quantitative estimate of drug-likeness (QED) is 0.770. The fraction of sp³-hybridized carbons (Fsp3) is 0.727. The van der Waals surface area contributed by atoms with Crippen molar-refractivity contribution in [2.24, 2.45) is 5.92 Å². The van der Waals surface area contributed by atoms with Gasteiger partial charge < -0.3 is 10.4 Å². The predicted octanol–water partition coefficient (Wildman–Crippen LogP) is -0.0546. The molecule has 1 saturated carbocycles. The largest absolute Gasteiger partial charge is 0.396 e. The van der Waals surface area contributed by atoms with Crippen LogP contribution in [0.2, 0.25) is 0 Å². The van der Waals surface area contributed by atoms with Crippen molar-refractivity contribution in [2.75, 3.05) is 6.61 Å². The Kier molecular flexibility index (Phi) is 4.08. The third-order valence-corrected chi connectivity index (χ3v) is 3.27. The van der Waals surface area contributed by atoms with Crippen molar-refractivity contribution in [3.63, 3.8) is 0 Å². The number of nitrogens with zero attached hydrogens (tertiary/aromatic N) is 3. The average molecular weight is 238 g/mol. The molecule has 1 heterocycles. The van der Waals surface area contributed by atoms with Gasteiger partial charge in [-0.1, -0.05) is 18.1 Å². The number of rotatable bonds is 4. The van der Waals surface area contributed by atoms with Crippen molar-refractivity contribution in [1.29, 1.82) is 0 Å². The Morgan fingerprint density at radius 1 is 1.47 bits per heavy atom. The number of hydrogen-bond donors (Lipinski definition) is 2. The number of nitrogens with one attached hydrogen (secondary N) is 1. The van der Waals surface area contributed by atoms with Crippen molar-refractivity contribution >= 4 is 5.91 Å². The van der Waals surface area contributed by atoms with Gasteiger partial charge in [0.1, 0.15) is 6.54 Å². The molecule has 0 aliphatic heterocycles. The van der Waals surface area contributed by atoms with E-state index in [1.54, 1.807) is 12.4 Å². The number of hydrogen-bond acceptors (Lipinski definition) is 4. The average Bonchev–Trinajstić information content (AvgIpc) is 2.82. The van der Waals surface area contributed by atoms with Gasteiger partial charge in [0.15, 0.2) is 0 Å². The summed E-state index contributed by atoms with van der Waals surface area (Å²) in [5.74, 6) is 0.129. The SMILES string of the molecule is O=C(Cn1ccnn1)NC1CCCCC1CO. The van der Waals surface area contributed by atoms with Crippen LogP contribution in [0.1, 0.15) is 25.7 Å². The molecule has 6 nitrogen and oxygen atoms in total. The van der Waals surface area contributed by atoms with Crippen molar-refractivity contribution in [3.05, 3.63) is 12.4 Å². The Hall–Kier alpha value is -1.43. The predicted molar refractivity (Wildman–Crippen MR) is 61.0 cm³/mol. The summed E-state index contributed by atoms with van der Waals surface area (Å²) in [4.78, 5) is 11.8. The Labute approximate surface area is 100 Å². The highest BCUT2D eigenvalue weighted by atomic mass is 16.3. The van der Waals surface area contributed by atoms with Crippen molar-refractivity contribution in [2.45, 2.75) is 38.3 Å². The molecule has 1 amide bonds. The molecule has 1 aromatic heterocycles. The van der Waals surface area contributed by atoms with E-state index in [1.165, 1.54) is 4.68 Å². The Morgan fingerprint density at radius 2 is 2.29 bits per heavy atom. The molecule has 0 aromatic carbocycles. The molecule has 2 atom stereocenters. The minimum absolute atomic E-state index is 0.0687. The topological polar surface area (TPSA) is 80.0 Å². The first kappa shape index (κ1) is 12.0. The highest BCUT2D eigenvalue weighted by molar-refractivity contribution is 5.75. The van der Waals surface area contributed by atoms with Crippen LogP contribution in [-0.2, 0) is 11.3 Å². The summed E-state index contributed by atoms with van der Waals surface area (Å²) in [6.45, 7) is 0.336. The van der Waals surface area contributed by atoms with Crippen LogP contribution in [0, 0.1) is 5.92 Å². The zero-order valence-corrected chi connectivity index (χ0v) is 9.75. The number of aliphatic hydroxyl groups excluding tert-OH is 1. The smallest absolute Gasteiger partial charge is 0.242 e. The van der Waals surface area contributed by atoms with Gasteiger partial charge in [-0.15, -0.1) is 5.10 Å². The molecule has 6 heteroatoms. The molecule has 0 saturated heterocycles. The van der Waals surface area contributed by atoms with Crippen LogP contribution in [0.5, 0.6) is 0 Å². The van der Waals surface area contributed by atoms with Gasteiger partial charge in [-0.2, -0.15) is 0 Å². The molecule has 1 fully saturated rings. The molecule has 0 radical (unpaired) electrons. The second kappa shape index (κ2) is 5.77. The van der Waals surface area contributed by atoms with E-state index in [2.05, 4.69) is 15.6 Å². The van der Waals surface area contributed by atoms with Crippen LogP contribution in [0.4, 0.5) is 0 Å². The summed E-state index contributed by atoms with van der Waals surface area (Å²) >= 11 is 0. The molecule has 17 heavy (non-hydrogen) atoms. The van der Waals surface area contributed by atoms with E-state index < -0.39 is 0 Å². The van der Waals surface area contributed by atoms with Crippen molar-refractivity contribution < 1.29 is 9.90 Å². The summed E-state index contributed by atoms with van der Waals surface area (Å²) in [6.07, 6.45) is 7.40. The van der Waals surface area contributed by atoms with Gasteiger partial charge in [0.05, 0.1) is 6.20 Å². The van der Waals surface area contributed by atoms with Gasteiger partial charge in [-0.3, -0.25) is 4.79 Å². The molecular formula is C11H18N4O2. The number of aromatic nitrogens is 3. The lowest BCUT2D eigenvalue weighted by atomic mass is 9.85. The molecular weight excluding hydrogens is 220 g/mol. The number of amides is 1. The molecule has 2 unspecified atom stereocenters. The zero-order chi connectivity index (χ0) is 12.1. The van der Waals surface area contributed by atoms with Crippen LogP contribution in [0.15, 0.2) is 12.4 Å². The molecule has 1 aromatic rings. The second-order valence-corrected chi connectivity index (χ2v) is 4.50. The second-order valence-electron chi connectivity index (χ2n) is 4.50. The van der Waals surface area contributed by atoms with Crippen molar-refractivity contribution in [3.8, 4) is 0 Å². The standard InChI is InChI=1S/C11H18N4O2/c16-8-9-3-1-2-4-10(9)13-11(17)7-15-6-5-12-14-15/h5-6,9-10,16H,1-4,7-8H2,(H,13,17). The maximum atomic E-state index is 11.8. The fourth-order valence-electron chi connectivity index (χ4n) is 2.33. The first-order valence-electron chi connectivity index (χ1n) is 6.04. The third-order valence-electron chi connectivity index (χ3n) is 3.27. The Balaban J connectivity index is 1.84. The monoisotopic (exact) mass is 238 g/mol. The van der Waals surface area contributed by atoms with Crippen LogP contribution in [0.3, 0.4) is 0 Å². The molecule has 1 aliphatic rings. The number of carbonyl (C=O) groups is 1. The normalized spacial score (nSPS) is 24.5. The molecule has 1 aliphatic carbocycles. The lowest BCUT2D eigenvalue weighted by Crippen LogP contribution is -2.44. The highest BCUT2D eigenvalue weighted by Crippen LogP contribution is 2.23. The van der Waals surface area contributed by atoms with Gasteiger partial charge in [0.2, 0.25) is 5.91 Å². The minimum Gasteiger partial charge on any atom is -0.396 e. The third kappa shape index (κ3) is 3.26. The molecule has 94 valence electrons. The summed E-state index contributed by atoms with van der Waals surface area (Å²) in [7, 11) is 0. The molecule has 2 rings (SSSR count). The zero-order valence-electron chi connectivity index (χ0n) is 9.75. The maximum Gasteiger partial charge on any atom is 0.242 e.